The van der Waals surface area contributed by atoms with Crippen molar-refractivity contribution < 1.29 is 14.4 Å². The van der Waals surface area contributed by atoms with Gasteiger partial charge in [0.25, 0.3) is 0 Å². The molecule has 1 heterocycles. The zero-order valence-electron chi connectivity index (χ0n) is 12.9. The summed E-state index contributed by atoms with van der Waals surface area (Å²) in [5.41, 5.74) is 1.24. The van der Waals surface area contributed by atoms with Gasteiger partial charge in [0, 0.05) is 12.6 Å². The monoisotopic (exact) mass is 310 g/mol. The summed E-state index contributed by atoms with van der Waals surface area (Å²) < 4.78 is 0. The highest BCUT2D eigenvalue weighted by Crippen LogP contribution is 2.50. The van der Waals surface area contributed by atoms with Gasteiger partial charge >= 0.3 is 0 Å². The number of nitrogens with one attached hydrogen (secondary N) is 1. The lowest BCUT2D eigenvalue weighted by Gasteiger charge is -2.38. The van der Waals surface area contributed by atoms with Crippen molar-refractivity contribution in [1.82, 2.24) is 0 Å². The predicted octanol–water partition coefficient (Wildman–Crippen LogP) is 2.35. The zero-order chi connectivity index (χ0) is 16.1. The van der Waals surface area contributed by atoms with Crippen molar-refractivity contribution in [2.24, 2.45) is 23.7 Å². The Labute approximate surface area is 134 Å². The van der Waals surface area contributed by atoms with Crippen molar-refractivity contribution in [1.29, 1.82) is 0 Å². The van der Waals surface area contributed by atoms with Crippen LogP contribution in [0, 0.1) is 23.7 Å². The maximum atomic E-state index is 12.8. The summed E-state index contributed by atoms with van der Waals surface area (Å²) in [5.74, 6) is -0.296. The van der Waals surface area contributed by atoms with E-state index in [-0.39, 0.29) is 41.4 Å². The number of anilines is 2. The van der Waals surface area contributed by atoms with E-state index < -0.39 is 0 Å². The number of carbonyl (C=O) groups excluding carboxylic acids is 3. The molecule has 1 aromatic rings. The number of hydrogen-bond donors (Lipinski definition) is 1. The molecule has 4 aliphatic rings. The Morgan fingerprint density at radius 1 is 1.00 bits per heavy atom. The van der Waals surface area contributed by atoms with Gasteiger partial charge in [-0.25, -0.2) is 0 Å². The van der Waals surface area contributed by atoms with Crippen LogP contribution in [0.3, 0.4) is 0 Å². The Morgan fingerprint density at radius 2 is 1.52 bits per heavy atom. The molecule has 5 heteroatoms. The second-order valence-electron chi connectivity index (χ2n) is 6.58. The lowest BCUT2D eigenvalue weighted by Crippen LogP contribution is -2.38. The molecular formula is C18H18N2O3. The molecule has 4 atom stereocenters. The third kappa shape index (κ3) is 2.11. The normalized spacial score (nSPS) is 31.4. The number of rotatable bonds is 2. The average Bonchev–Trinajstić information content (AvgIpc) is 2.83. The van der Waals surface area contributed by atoms with Gasteiger partial charge < -0.3 is 5.32 Å². The van der Waals surface area contributed by atoms with Gasteiger partial charge in [-0.15, -0.1) is 0 Å². The first-order valence-electron chi connectivity index (χ1n) is 8.00. The molecule has 0 unspecified atom stereocenters. The highest BCUT2D eigenvalue weighted by Gasteiger charge is 2.56. The van der Waals surface area contributed by atoms with E-state index in [2.05, 4.69) is 17.5 Å². The third-order valence-electron chi connectivity index (χ3n) is 5.21. The lowest BCUT2D eigenvalue weighted by molar-refractivity contribution is -0.124. The minimum Gasteiger partial charge on any atom is -0.326 e. The number of imide groups is 1. The fourth-order valence-electron chi connectivity index (χ4n) is 4.23. The third-order valence-corrected chi connectivity index (χ3v) is 5.21. The first kappa shape index (κ1) is 14.2. The molecular weight excluding hydrogens is 292 g/mol. The summed E-state index contributed by atoms with van der Waals surface area (Å²) in [7, 11) is 0. The van der Waals surface area contributed by atoms with Crippen molar-refractivity contribution in [3.8, 4) is 0 Å². The molecule has 5 nitrogen and oxygen atoms in total. The van der Waals surface area contributed by atoms with Crippen LogP contribution in [0.15, 0.2) is 36.4 Å². The topological polar surface area (TPSA) is 66.5 Å². The Bertz CT molecular complexity index is 690. The van der Waals surface area contributed by atoms with E-state index >= 15 is 0 Å². The van der Waals surface area contributed by atoms with Gasteiger partial charge in [-0.05, 0) is 48.9 Å². The van der Waals surface area contributed by atoms with E-state index in [1.807, 2.05) is 0 Å². The first-order valence-corrected chi connectivity index (χ1v) is 8.00. The van der Waals surface area contributed by atoms with Crippen molar-refractivity contribution in [3.63, 3.8) is 0 Å². The minimum atomic E-state index is -0.193. The maximum absolute atomic E-state index is 12.8. The molecule has 2 bridgehead atoms. The number of allylic oxidation sites excluding steroid dienone is 2. The predicted molar refractivity (Wildman–Crippen MR) is 85.6 cm³/mol. The van der Waals surface area contributed by atoms with Crippen molar-refractivity contribution in [2.75, 3.05) is 10.2 Å². The summed E-state index contributed by atoms with van der Waals surface area (Å²) in [6.07, 6.45) is 6.22. The molecule has 1 aliphatic heterocycles. The van der Waals surface area contributed by atoms with Crippen LogP contribution in [-0.2, 0) is 14.4 Å². The van der Waals surface area contributed by atoms with Crippen LogP contribution in [0.2, 0.25) is 0 Å². The fraction of sp³-hybridized carbons (Fsp3) is 0.389. The molecule has 3 aliphatic carbocycles. The highest BCUT2D eigenvalue weighted by molar-refractivity contribution is 6.22. The molecule has 1 aromatic carbocycles. The van der Waals surface area contributed by atoms with Crippen LogP contribution in [0.25, 0.3) is 0 Å². The van der Waals surface area contributed by atoms with Crippen molar-refractivity contribution in [3.05, 3.63) is 36.4 Å². The number of fused-ring (bicyclic) bond motifs is 1. The largest absolute Gasteiger partial charge is 0.326 e. The van der Waals surface area contributed by atoms with Crippen LogP contribution >= 0.6 is 0 Å². The molecule has 1 saturated heterocycles. The molecule has 0 aromatic heterocycles. The van der Waals surface area contributed by atoms with Crippen LogP contribution in [0.5, 0.6) is 0 Å². The van der Waals surface area contributed by atoms with Crippen LogP contribution < -0.4 is 10.2 Å². The Hall–Kier alpha value is -2.43. The number of carbonyl (C=O) groups is 3. The zero-order valence-corrected chi connectivity index (χ0v) is 12.9. The molecule has 0 spiro atoms. The molecule has 23 heavy (non-hydrogen) atoms. The molecule has 118 valence electrons. The summed E-state index contributed by atoms with van der Waals surface area (Å²) in [6.45, 7) is 1.44. The average molecular weight is 310 g/mol. The van der Waals surface area contributed by atoms with Gasteiger partial charge in [0.15, 0.2) is 0 Å². The van der Waals surface area contributed by atoms with Gasteiger partial charge in [0.05, 0.1) is 17.5 Å². The van der Waals surface area contributed by atoms with Crippen molar-refractivity contribution in [2.45, 2.75) is 19.8 Å². The standard InChI is InChI=1S/C18H18N2O3/c1-10(21)19-13-6-8-14(9-7-13)20-17(22)15-11-2-3-12(5-4-11)16(15)18(20)23/h2-3,6-9,11-12,15-16H,4-5H2,1H3,(H,19,21)/t11-,12-,15+,16+/m1/s1. The quantitative estimate of drug-likeness (QED) is 0.673. The highest BCUT2D eigenvalue weighted by atomic mass is 16.2. The molecule has 0 radical (unpaired) electrons. The van der Waals surface area contributed by atoms with Crippen LogP contribution in [0.1, 0.15) is 19.8 Å². The Kier molecular flexibility index (Phi) is 3.11. The Morgan fingerprint density at radius 3 is 1.96 bits per heavy atom. The van der Waals surface area contributed by atoms with E-state index in [1.165, 1.54) is 11.8 Å². The van der Waals surface area contributed by atoms with E-state index in [0.717, 1.165) is 12.8 Å². The van der Waals surface area contributed by atoms with Gasteiger partial charge in [-0.3, -0.25) is 19.3 Å². The maximum Gasteiger partial charge on any atom is 0.238 e. The molecule has 1 N–H and O–H groups in total. The van der Waals surface area contributed by atoms with Crippen LogP contribution in [0.4, 0.5) is 11.4 Å². The molecule has 1 saturated carbocycles. The summed E-state index contributed by atoms with van der Waals surface area (Å²) in [6, 6.07) is 6.86. The number of amides is 3. The number of hydrogen-bond acceptors (Lipinski definition) is 3. The van der Waals surface area contributed by atoms with Crippen LogP contribution in [-0.4, -0.2) is 17.7 Å². The summed E-state index contributed by atoms with van der Waals surface area (Å²) in [4.78, 5) is 38.0. The molecule has 3 amide bonds. The van der Waals surface area contributed by atoms with E-state index in [1.54, 1.807) is 24.3 Å². The van der Waals surface area contributed by atoms with Gasteiger partial charge in [0.2, 0.25) is 17.7 Å². The van der Waals surface area contributed by atoms with E-state index in [9.17, 15) is 14.4 Å². The van der Waals surface area contributed by atoms with E-state index in [4.69, 9.17) is 0 Å². The summed E-state index contributed by atoms with van der Waals surface area (Å²) in [5, 5.41) is 2.68. The molecule has 2 fully saturated rings. The fourth-order valence-corrected chi connectivity index (χ4v) is 4.23. The second-order valence-corrected chi connectivity index (χ2v) is 6.58. The molecule has 5 rings (SSSR count). The number of nitrogens with zero attached hydrogens (tertiary/aromatic N) is 1. The SMILES string of the molecule is CC(=O)Nc1ccc(N2C(=O)[C@@H]3[C@@H](C2=O)[C@@H]2C=C[C@@H]3CC2)cc1. The van der Waals surface area contributed by atoms with Gasteiger partial charge in [-0.2, -0.15) is 0 Å². The summed E-state index contributed by atoms with van der Waals surface area (Å²) >= 11 is 0. The lowest BCUT2D eigenvalue weighted by atomic mass is 9.63. The van der Waals surface area contributed by atoms with Crippen molar-refractivity contribution >= 4 is 29.1 Å². The van der Waals surface area contributed by atoms with Gasteiger partial charge in [0.1, 0.15) is 0 Å². The minimum absolute atomic E-state index is 0.0775. The first-order chi connectivity index (χ1) is 11.1. The van der Waals surface area contributed by atoms with Gasteiger partial charge in [-0.1, -0.05) is 12.2 Å². The Balaban J connectivity index is 1.64. The van der Waals surface area contributed by atoms with E-state index in [0.29, 0.717) is 11.4 Å². The smallest absolute Gasteiger partial charge is 0.238 e. The second kappa shape index (κ2) is 5.05. The number of benzene rings is 1.